The third-order valence-corrected chi connectivity index (χ3v) is 2.93. The maximum Gasteiger partial charge on any atom is 0.227 e. The zero-order valence-corrected chi connectivity index (χ0v) is 11.0. The number of carbonyl (C=O) groups excluding carboxylic acids is 1. The van der Waals surface area contributed by atoms with Gasteiger partial charge in [0.1, 0.15) is 0 Å². The van der Waals surface area contributed by atoms with Crippen molar-refractivity contribution in [3.05, 3.63) is 23.3 Å². The minimum Gasteiger partial charge on any atom is -0.339 e. The van der Waals surface area contributed by atoms with Crippen molar-refractivity contribution in [2.75, 3.05) is 5.32 Å². The van der Waals surface area contributed by atoms with Crippen LogP contribution >= 0.6 is 11.3 Å². The van der Waals surface area contributed by atoms with Crippen molar-refractivity contribution >= 4 is 22.4 Å². The van der Waals surface area contributed by atoms with Crippen molar-refractivity contribution in [1.29, 1.82) is 0 Å². The molecule has 2 aromatic rings. The Bertz CT molecular complexity index is 507. The van der Waals surface area contributed by atoms with Crippen LogP contribution in [0.25, 0.3) is 0 Å². The molecule has 7 heteroatoms. The quantitative estimate of drug-likeness (QED) is 0.897. The number of aryl methyl sites for hydroxylation is 1. The van der Waals surface area contributed by atoms with Gasteiger partial charge in [0.25, 0.3) is 0 Å². The van der Waals surface area contributed by atoms with Crippen molar-refractivity contribution in [1.82, 2.24) is 15.1 Å². The number of hydrogen-bond acceptors (Lipinski definition) is 6. The zero-order chi connectivity index (χ0) is 13.0. The molecule has 0 aliphatic carbocycles. The summed E-state index contributed by atoms with van der Waals surface area (Å²) >= 11 is 1.39. The number of aromatic nitrogens is 3. The fourth-order valence-corrected chi connectivity index (χ4v) is 1.84. The summed E-state index contributed by atoms with van der Waals surface area (Å²) in [5.41, 5.74) is 0. The average Bonchev–Trinajstić information content (AvgIpc) is 2.96. The van der Waals surface area contributed by atoms with E-state index in [1.54, 1.807) is 6.20 Å². The van der Waals surface area contributed by atoms with Gasteiger partial charge in [-0.3, -0.25) is 4.79 Å². The third kappa shape index (κ3) is 3.36. The monoisotopic (exact) mass is 266 g/mol. The number of thiazole rings is 1. The van der Waals surface area contributed by atoms with Gasteiger partial charge in [-0.05, 0) is 0 Å². The van der Waals surface area contributed by atoms with Gasteiger partial charge in [0, 0.05) is 30.3 Å². The molecule has 0 saturated carbocycles. The molecule has 0 aromatic carbocycles. The van der Waals surface area contributed by atoms with E-state index in [1.807, 2.05) is 19.2 Å². The van der Waals surface area contributed by atoms with Gasteiger partial charge in [-0.1, -0.05) is 19.0 Å². The van der Waals surface area contributed by atoms with E-state index in [0.717, 1.165) is 0 Å². The highest BCUT2D eigenvalue weighted by Gasteiger charge is 2.11. The third-order valence-electron chi connectivity index (χ3n) is 2.24. The van der Waals surface area contributed by atoms with Gasteiger partial charge >= 0.3 is 0 Å². The van der Waals surface area contributed by atoms with E-state index in [4.69, 9.17) is 4.52 Å². The minimum atomic E-state index is -0.103. The van der Waals surface area contributed by atoms with Crippen LogP contribution in [0.1, 0.15) is 37.9 Å². The summed E-state index contributed by atoms with van der Waals surface area (Å²) in [5, 5.41) is 8.95. The molecule has 0 fully saturated rings. The summed E-state index contributed by atoms with van der Waals surface area (Å²) in [4.78, 5) is 19.8. The Morgan fingerprint density at radius 3 is 3.00 bits per heavy atom. The lowest BCUT2D eigenvalue weighted by atomic mass is 10.2. The normalized spacial score (nSPS) is 10.8. The number of carbonyl (C=O) groups is 1. The number of rotatable bonds is 5. The molecule has 0 spiro atoms. The second-order valence-electron chi connectivity index (χ2n) is 4.09. The molecule has 1 amide bonds. The maximum absolute atomic E-state index is 11.6. The fourth-order valence-electron chi connectivity index (χ4n) is 1.29. The molecule has 0 atom stereocenters. The summed E-state index contributed by atoms with van der Waals surface area (Å²) in [6.07, 6.45) is 2.39. The van der Waals surface area contributed by atoms with Crippen molar-refractivity contribution in [2.24, 2.45) is 0 Å². The highest BCUT2D eigenvalue weighted by Crippen LogP contribution is 2.12. The van der Waals surface area contributed by atoms with Crippen molar-refractivity contribution in [3.8, 4) is 0 Å². The molecular weight excluding hydrogens is 252 g/mol. The van der Waals surface area contributed by atoms with Crippen molar-refractivity contribution in [3.63, 3.8) is 0 Å². The molecule has 2 rings (SSSR count). The van der Waals surface area contributed by atoms with E-state index in [1.165, 1.54) is 11.3 Å². The lowest BCUT2D eigenvalue weighted by molar-refractivity contribution is -0.116. The molecule has 18 heavy (non-hydrogen) atoms. The highest BCUT2D eigenvalue weighted by atomic mass is 32.1. The highest BCUT2D eigenvalue weighted by molar-refractivity contribution is 7.13. The fraction of sp³-hybridized carbons (Fsp3) is 0.455. The number of nitrogens with zero attached hydrogens (tertiary/aromatic N) is 3. The molecule has 0 aliphatic rings. The van der Waals surface area contributed by atoms with E-state index in [0.29, 0.717) is 29.7 Å². The number of amides is 1. The molecule has 2 aromatic heterocycles. The van der Waals surface area contributed by atoms with Gasteiger partial charge in [-0.15, -0.1) is 11.3 Å². The van der Waals surface area contributed by atoms with Crippen LogP contribution in [0.4, 0.5) is 5.13 Å². The van der Waals surface area contributed by atoms with Crippen LogP contribution in [0.3, 0.4) is 0 Å². The molecule has 0 saturated heterocycles. The standard InChI is InChI=1S/C11H14N4O2S/c1-7(2)10-14-9(17-15-10)4-3-8(16)13-11-12-5-6-18-11/h5-7H,3-4H2,1-2H3,(H,12,13,16). The average molecular weight is 266 g/mol. The predicted molar refractivity (Wildman–Crippen MR) is 67.5 cm³/mol. The topological polar surface area (TPSA) is 80.9 Å². The number of nitrogens with one attached hydrogen (secondary N) is 1. The van der Waals surface area contributed by atoms with Crippen LogP contribution < -0.4 is 5.32 Å². The summed E-state index contributed by atoms with van der Waals surface area (Å²) in [6.45, 7) is 3.98. The smallest absolute Gasteiger partial charge is 0.227 e. The van der Waals surface area contributed by atoms with E-state index in [-0.39, 0.29) is 11.8 Å². The van der Waals surface area contributed by atoms with E-state index >= 15 is 0 Å². The van der Waals surface area contributed by atoms with Gasteiger partial charge in [0.05, 0.1) is 0 Å². The van der Waals surface area contributed by atoms with Crippen LogP contribution in [0.15, 0.2) is 16.1 Å². The van der Waals surface area contributed by atoms with Gasteiger partial charge < -0.3 is 9.84 Å². The SMILES string of the molecule is CC(C)c1noc(CCC(=O)Nc2nccs2)n1. The summed E-state index contributed by atoms with van der Waals surface area (Å²) in [5.74, 6) is 1.29. The Morgan fingerprint density at radius 2 is 2.39 bits per heavy atom. The lowest BCUT2D eigenvalue weighted by Gasteiger charge is -1.98. The van der Waals surface area contributed by atoms with Crippen LogP contribution in [-0.4, -0.2) is 21.0 Å². The van der Waals surface area contributed by atoms with Crippen LogP contribution in [0.5, 0.6) is 0 Å². The van der Waals surface area contributed by atoms with Gasteiger partial charge in [-0.2, -0.15) is 4.98 Å². The molecular formula is C11H14N4O2S. The Labute approximate surface area is 108 Å². The largest absolute Gasteiger partial charge is 0.339 e. The maximum atomic E-state index is 11.6. The molecule has 0 aliphatic heterocycles. The Hall–Kier alpha value is -1.76. The molecule has 0 bridgehead atoms. The molecule has 1 N–H and O–H groups in total. The van der Waals surface area contributed by atoms with Gasteiger partial charge in [-0.25, -0.2) is 4.98 Å². The van der Waals surface area contributed by atoms with Gasteiger partial charge in [0.15, 0.2) is 11.0 Å². The first-order valence-electron chi connectivity index (χ1n) is 5.67. The van der Waals surface area contributed by atoms with Gasteiger partial charge in [0.2, 0.25) is 11.8 Å². The van der Waals surface area contributed by atoms with Crippen molar-refractivity contribution < 1.29 is 9.32 Å². The second kappa shape index (κ2) is 5.72. The Kier molecular flexibility index (Phi) is 4.03. The van der Waals surface area contributed by atoms with E-state index in [9.17, 15) is 4.79 Å². The molecule has 0 unspecified atom stereocenters. The summed E-state index contributed by atoms with van der Waals surface area (Å²) in [6, 6.07) is 0. The first-order chi connectivity index (χ1) is 8.65. The predicted octanol–water partition coefficient (Wildman–Crippen LogP) is 2.22. The summed E-state index contributed by atoms with van der Waals surface area (Å²) < 4.78 is 5.06. The molecule has 2 heterocycles. The Balaban J connectivity index is 1.81. The molecule has 96 valence electrons. The first-order valence-corrected chi connectivity index (χ1v) is 6.55. The summed E-state index contributed by atoms with van der Waals surface area (Å²) in [7, 11) is 0. The number of hydrogen-bond donors (Lipinski definition) is 1. The Morgan fingerprint density at radius 1 is 1.56 bits per heavy atom. The lowest BCUT2D eigenvalue weighted by Crippen LogP contribution is -2.12. The van der Waals surface area contributed by atoms with Crippen molar-refractivity contribution in [2.45, 2.75) is 32.6 Å². The van der Waals surface area contributed by atoms with E-state index in [2.05, 4.69) is 20.4 Å². The second-order valence-corrected chi connectivity index (χ2v) is 4.98. The minimum absolute atomic E-state index is 0.103. The van der Waals surface area contributed by atoms with E-state index < -0.39 is 0 Å². The number of anilines is 1. The van der Waals surface area contributed by atoms with Crippen LogP contribution in [0.2, 0.25) is 0 Å². The molecule has 6 nitrogen and oxygen atoms in total. The molecule has 0 radical (unpaired) electrons. The first kappa shape index (κ1) is 12.7. The van der Waals surface area contributed by atoms with Crippen LogP contribution in [-0.2, 0) is 11.2 Å². The zero-order valence-electron chi connectivity index (χ0n) is 10.2. The van der Waals surface area contributed by atoms with Crippen LogP contribution in [0, 0.1) is 0 Å².